The number of terminal acetylenes is 1. The van der Waals surface area contributed by atoms with Gasteiger partial charge in [0.15, 0.2) is 6.19 Å². The quantitative estimate of drug-likeness (QED) is 0.255. The van der Waals surface area contributed by atoms with E-state index in [1.165, 1.54) is 0 Å². The van der Waals surface area contributed by atoms with Crippen molar-refractivity contribution in [1.82, 2.24) is 10.7 Å². The molecule has 1 aromatic rings. The molecule has 0 spiro atoms. The van der Waals surface area contributed by atoms with Gasteiger partial charge in [-0.3, -0.25) is 10.1 Å². The van der Waals surface area contributed by atoms with Crippen LogP contribution in [0, 0.1) is 29.7 Å². The second-order valence-corrected chi connectivity index (χ2v) is 4.95. The zero-order valence-electron chi connectivity index (χ0n) is 12.6. The third-order valence-corrected chi connectivity index (χ3v) is 3.21. The molecule has 3 N–H and O–H groups in total. The fourth-order valence-corrected chi connectivity index (χ4v) is 2.15. The predicted molar refractivity (Wildman–Crippen MR) is 88.4 cm³/mol. The highest BCUT2D eigenvalue weighted by Crippen LogP contribution is 2.18. The SMILES string of the molecule is C#CCN=C(NC#N)Nc1ccc(C2=NNC(=O)C[C@H]2C)cc1. The van der Waals surface area contributed by atoms with Gasteiger partial charge < -0.3 is 5.32 Å². The Balaban J connectivity index is 2.12. The van der Waals surface area contributed by atoms with Crippen LogP contribution in [0.25, 0.3) is 0 Å². The van der Waals surface area contributed by atoms with E-state index in [1.54, 1.807) is 6.19 Å². The fraction of sp³-hybridized carbons (Fsp3) is 0.250. The largest absolute Gasteiger partial charge is 0.326 e. The summed E-state index contributed by atoms with van der Waals surface area (Å²) in [6.45, 7) is 2.13. The lowest BCUT2D eigenvalue weighted by molar-refractivity contribution is -0.121. The molecule has 0 unspecified atom stereocenters. The lowest BCUT2D eigenvalue weighted by Gasteiger charge is -2.19. The van der Waals surface area contributed by atoms with Crippen LogP contribution in [0.3, 0.4) is 0 Å². The maximum absolute atomic E-state index is 11.3. The van der Waals surface area contributed by atoms with E-state index in [4.69, 9.17) is 11.7 Å². The van der Waals surface area contributed by atoms with E-state index < -0.39 is 0 Å². The van der Waals surface area contributed by atoms with Gasteiger partial charge in [0.2, 0.25) is 11.9 Å². The minimum Gasteiger partial charge on any atom is -0.326 e. The summed E-state index contributed by atoms with van der Waals surface area (Å²) in [5.41, 5.74) is 5.02. The third-order valence-electron chi connectivity index (χ3n) is 3.21. The van der Waals surface area contributed by atoms with Crippen molar-refractivity contribution in [1.29, 1.82) is 5.26 Å². The first-order valence-corrected chi connectivity index (χ1v) is 7.01. The molecule has 0 aliphatic carbocycles. The Bertz CT molecular complexity index is 720. The van der Waals surface area contributed by atoms with Crippen LogP contribution >= 0.6 is 0 Å². The zero-order valence-corrected chi connectivity index (χ0v) is 12.6. The summed E-state index contributed by atoms with van der Waals surface area (Å²) >= 11 is 0. The second kappa shape index (κ2) is 7.62. The van der Waals surface area contributed by atoms with E-state index in [-0.39, 0.29) is 24.3 Å². The molecule has 1 aliphatic rings. The number of rotatable bonds is 3. The summed E-state index contributed by atoms with van der Waals surface area (Å²) in [5, 5.41) is 18.2. The fourth-order valence-electron chi connectivity index (χ4n) is 2.15. The van der Waals surface area contributed by atoms with Gasteiger partial charge in [0.25, 0.3) is 0 Å². The molecule has 1 atom stereocenters. The molecule has 23 heavy (non-hydrogen) atoms. The van der Waals surface area contributed by atoms with E-state index in [0.29, 0.717) is 6.42 Å². The number of amides is 1. The van der Waals surface area contributed by atoms with E-state index in [9.17, 15) is 4.79 Å². The molecule has 0 saturated carbocycles. The van der Waals surface area contributed by atoms with E-state index >= 15 is 0 Å². The molecule has 0 aromatic heterocycles. The second-order valence-electron chi connectivity index (χ2n) is 4.95. The molecule has 116 valence electrons. The molecule has 0 radical (unpaired) electrons. The lowest BCUT2D eigenvalue weighted by Crippen LogP contribution is -2.32. The Kier molecular flexibility index (Phi) is 5.32. The zero-order chi connectivity index (χ0) is 16.7. The number of hydrazone groups is 1. The first-order valence-electron chi connectivity index (χ1n) is 7.01. The first-order chi connectivity index (χ1) is 11.1. The number of guanidine groups is 1. The van der Waals surface area contributed by atoms with E-state index in [2.05, 4.69) is 32.1 Å². The number of benzene rings is 1. The highest BCUT2D eigenvalue weighted by molar-refractivity contribution is 6.06. The van der Waals surface area contributed by atoms with Gasteiger partial charge in [-0.2, -0.15) is 10.4 Å². The van der Waals surface area contributed by atoms with Crippen LogP contribution in [0.15, 0.2) is 34.4 Å². The number of hydrogen-bond acceptors (Lipinski definition) is 4. The van der Waals surface area contributed by atoms with Crippen LogP contribution in [0.1, 0.15) is 18.9 Å². The monoisotopic (exact) mass is 308 g/mol. The number of nitrogens with one attached hydrogen (secondary N) is 3. The Labute approximate surface area is 134 Å². The van der Waals surface area contributed by atoms with Gasteiger partial charge in [0.05, 0.1) is 5.71 Å². The first kappa shape index (κ1) is 16.1. The Hall–Kier alpha value is -3.32. The van der Waals surface area contributed by atoms with Gasteiger partial charge in [0, 0.05) is 18.0 Å². The van der Waals surface area contributed by atoms with Crippen LogP contribution in [-0.4, -0.2) is 24.1 Å². The maximum atomic E-state index is 11.3. The number of nitrogens with zero attached hydrogens (tertiary/aromatic N) is 3. The summed E-state index contributed by atoms with van der Waals surface area (Å²) in [5.74, 6) is 2.65. The van der Waals surface area contributed by atoms with Crippen LogP contribution in [0.4, 0.5) is 5.69 Å². The average molecular weight is 308 g/mol. The number of carbonyl (C=O) groups is 1. The van der Waals surface area contributed by atoms with Crippen molar-refractivity contribution in [2.24, 2.45) is 16.0 Å². The molecule has 1 amide bonds. The molecular weight excluding hydrogens is 292 g/mol. The highest BCUT2D eigenvalue weighted by atomic mass is 16.2. The summed E-state index contributed by atoms with van der Waals surface area (Å²) < 4.78 is 0. The van der Waals surface area contributed by atoms with Gasteiger partial charge in [-0.1, -0.05) is 25.0 Å². The van der Waals surface area contributed by atoms with Crippen molar-refractivity contribution in [3.05, 3.63) is 29.8 Å². The predicted octanol–water partition coefficient (Wildman–Crippen LogP) is 1.02. The molecule has 1 heterocycles. The molecule has 7 heteroatoms. The normalized spacial score (nSPS) is 17.3. The molecular formula is C16H16N6O. The molecule has 1 aliphatic heterocycles. The van der Waals surface area contributed by atoms with Gasteiger partial charge in [-0.25, -0.2) is 10.4 Å². The number of carbonyl (C=O) groups excluding carboxylic acids is 1. The minimum atomic E-state index is -0.0727. The smallest absolute Gasteiger partial charge is 0.240 e. The summed E-state index contributed by atoms with van der Waals surface area (Å²) in [4.78, 5) is 15.3. The number of nitriles is 1. The maximum Gasteiger partial charge on any atom is 0.240 e. The van der Waals surface area contributed by atoms with E-state index in [1.807, 2.05) is 31.2 Å². The molecule has 0 saturated heterocycles. The molecule has 0 bridgehead atoms. The van der Waals surface area contributed by atoms with Crippen molar-refractivity contribution in [2.45, 2.75) is 13.3 Å². The molecule has 1 aromatic carbocycles. The summed E-state index contributed by atoms with van der Waals surface area (Å²) in [6, 6.07) is 7.46. The number of hydrogen-bond donors (Lipinski definition) is 3. The minimum absolute atomic E-state index is 0.0653. The van der Waals surface area contributed by atoms with Gasteiger partial charge in [-0.05, 0) is 17.7 Å². The summed E-state index contributed by atoms with van der Waals surface area (Å²) in [6.07, 6.45) is 7.38. The van der Waals surface area contributed by atoms with E-state index in [0.717, 1.165) is 17.0 Å². The third kappa shape index (κ3) is 4.32. The van der Waals surface area contributed by atoms with Crippen molar-refractivity contribution < 1.29 is 4.79 Å². The highest BCUT2D eigenvalue weighted by Gasteiger charge is 2.21. The van der Waals surface area contributed by atoms with Crippen LogP contribution in [0.5, 0.6) is 0 Å². The Morgan fingerprint density at radius 1 is 1.52 bits per heavy atom. The molecule has 2 rings (SSSR count). The van der Waals surface area contributed by atoms with Gasteiger partial charge in [0.1, 0.15) is 6.54 Å². The van der Waals surface area contributed by atoms with Gasteiger partial charge in [-0.15, -0.1) is 6.42 Å². The average Bonchev–Trinajstić information content (AvgIpc) is 2.54. The molecule has 0 fully saturated rings. The number of aliphatic imine (C=N–C) groups is 1. The summed E-state index contributed by atoms with van der Waals surface area (Å²) in [7, 11) is 0. The van der Waals surface area contributed by atoms with Gasteiger partial charge >= 0.3 is 0 Å². The molecule has 7 nitrogen and oxygen atoms in total. The Morgan fingerprint density at radius 3 is 2.87 bits per heavy atom. The van der Waals surface area contributed by atoms with Crippen molar-refractivity contribution >= 4 is 23.3 Å². The van der Waals surface area contributed by atoms with Crippen LogP contribution in [0.2, 0.25) is 0 Å². The Morgan fingerprint density at radius 2 is 2.26 bits per heavy atom. The standard InChI is InChI=1S/C16H16N6O/c1-3-8-18-16(19-10-17)20-13-6-4-12(5-7-13)15-11(2)9-14(23)21-22-15/h1,4-7,11H,8-9H2,2H3,(H,21,23)(H2,18,19,20)/t11-/m1/s1. The van der Waals surface area contributed by atoms with Crippen LogP contribution in [-0.2, 0) is 4.79 Å². The van der Waals surface area contributed by atoms with Crippen LogP contribution < -0.4 is 16.1 Å². The topological polar surface area (TPSA) is 102 Å². The van der Waals surface area contributed by atoms with Crippen molar-refractivity contribution in [3.63, 3.8) is 0 Å². The number of anilines is 1. The lowest BCUT2D eigenvalue weighted by atomic mass is 9.94. The van der Waals surface area contributed by atoms with Crippen molar-refractivity contribution in [2.75, 3.05) is 11.9 Å². The van der Waals surface area contributed by atoms with Crippen molar-refractivity contribution in [3.8, 4) is 18.5 Å².